The zero-order chi connectivity index (χ0) is 20.2. The van der Waals surface area contributed by atoms with Crippen LogP contribution in [0, 0.1) is 10.5 Å². The van der Waals surface area contributed by atoms with Crippen molar-refractivity contribution >= 4 is 46.1 Å². The third kappa shape index (κ3) is 3.58. The van der Waals surface area contributed by atoms with Gasteiger partial charge in [0.15, 0.2) is 0 Å². The summed E-state index contributed by atoms with van der Waals surface area (Å²) in [5, 5.41) is 0. The Morgan fingerprint density at radius 1 is 0.821 bits per heavy atom. The van der Waals surface area contributed by atoms with Crippen LogP contribution in [0.3, 0.4) is 0 Å². The van der Waals surface area contributed by atoms with Crippen LogP contribution in [0.25, 0.3) is 0 Å². The van der Waals surface area contributed by atoms with Crippen LogP contribution in [-0.2, 0) is 14.9 Å². The molecule has 1 aliphatic carbocycles. The van der Waals surface area contributed by atoms with Gasteiger partial charge in [-0.2, -0.15) is 0 Å². The van der Waals surface area contributed by atoms with Gasteiger partial charge in [-0.3, -0.25) is 0 Å². The molecule has 1 fully saturated rings. The van der Waals surface area contributed by atoms with Gasteiger partial charge in [0, 0.05) is 3.57 Å². The highest BCUT2D eigenvalue weighted by atomic mass is 127. The van der Waals surface area contributed by atoms with Gasteiger partial charge in [0.25, 0.3) is 0 Å². The number of thioether (sulfide) groups is 2. The van der Waals surface area contributed by atoms with E-state index in [-0.39, 0.29) is 14.9 Å². The molecule has 1 heterocycles. The van der Waals surface area contributed by atoms with Gasteiger partial charge in [0.1, 0.15) is 4.08 Å². The van der Waals surface area contributed by atoms with Crippen LogP contribution in [0.4, 0.5) is 0 Å². The molecule has 0 aromatic heterocycles. The van der Waals surface area contributed by atoms with Crippen LogP contribution in [0.15, 0.2) is 36.4 Å². The van der Waals surface area contributed by atoms with Gasteiger partial charge in [-0.1, -0.05) is 52.0 Å². The highest BCUT2D eigenvalue weighted by molar-refractivity contribution is 14.1. The molecule has 1 aliphatic heterocycles. The highest BCUT2D eigenvalue weighted by Crippen LogP contribution is 2.57. The minimum absolute atomic E-state index is 0.0240. The van der Waals surface area contributed by atoms with Crippen LogP contribution in [0.1, 0.15) is 74.8 Å². The second-order valence-electron chi connectivity index (χ2n) is 9.66. The van der Waals surface area contributed by atoms with E-state index in [2.05, 4.69) is 117 Å². The van der Waals surface area contributed by atoms with Gasteiger partial charge in [0.05, 0.1) is 0 Å². The van der Waals surface area contributed by atoms with Crippen LogP contribution in [-0.4, -0.2) is 11.5 Å². The van der Waals surface area contributed by atoms with E-state index < -0.39 is 0 Å². The maximum Gasteiger partial charge on any atom is 0.112 e. The molecule has 0 N–H and O–H groups in total. The second kappa shape index (κ2) is 7.53. The van der Waals surface area contributed by atoms with Crippen LogP contribution >= 0.6 is 46.1 Å². The third-order valence-corrected chi connectivity index (χ3v) is 10.7. The smallest absolute Gasteiger partial charge is 0.112 e. The van der Waals surface area contributed by atoms with Crippen molar-refractivity contribution in [2.24, 2.45) is 0 Å². The summed E-state index contributed by atoms with van der Waals surface area (Å²) in [6, 6.07) is 14.3. The maximum absolute atomic E-state index is 2.61. The van der Waals surface area contributed by atoms with E-state index in [0.717, 1.165) is 0 Å². The molecule has 0 saturated carbocycles. The Labute approximate surface area is 193 Å². The standard InChI is InChI=1S/C25H31IS2/c1-17-14-21-22(24(4,5)11-10-23(21,2)3)16-20(17)25(27-12-7-13-28-25)18-8-6-9-19(26)15-18/h6,8-9,14-16H,7,10-13H2,1-5H3. The van der Waals surface area contributed by atoms with E-state index in [1.807, 2.05) is 0 Å². The minimum Gasteiger partial charge on any atom is -0.135 e. The first-order chi connectivity index (χ1) is 13.2. The van der Waals surface area contributed by atoms with Gasteiger partial charge >= 0.3 is 0 Å². The van der Waals surface area contributed by atoms with Crippen LogP contribution in [0.2, 0.25) is 0 Å². The van der Waals surface area contributed by atoms with Crippen LogP contribution < -0.4 is 0 Å². The first-order valence-electron chi connectivity index (χ1n) is 10.4. The molecule has 0 radical (unpaired) electrons. The fourth-order valence-corrected chi connectivity index (χ4v) is 8.83. The topological polar surface area (TPSA) is 0 Å². The fraction of sp³-hybridized carbons (Fsp3) is 0.520. The normalized spacial score (nSPS) is 22.5. The van der Waals surface area contributed by atoms with E-state index >= 15 is 0 Å². The van der Waals surface area contributed by atoms with Gasteiger partial charge in [-0.05, 0) is 111 Å². The molecule has 28 heavy (non-hydrogen) atoms. The molecule has 3 heteroatoms. The van der Waals surface area contributed by atoms with Gasteiger partial charge in [0.2, 0.25) is 0 Å². The van der Waals surface area contributed by atoms with E-state index in [9.17, 15) is 0 Å². The van der Waals surface area contributed by atoms with Crippen molar-refractivity contribution < 1.29 is 0 Å². The number of benzene rings is 2. The number of hydrogen-bond acceptors (Lipinski definition) is 2. The summed E-state index contributed by atoms with van der Waals surface area (Å²) in [5.74, 6) is 2.48. The molecule has 0 atom stereocenters. The Bertz CT molecular complexity index is 891. The van der Waals surface area contributed by atoms with E-state index in [0.29, 0.717) is 0 Å². The van der Waals surface area contributed by atoms with E-state index in [4.69, 9.17) is 0 Å². The summed E-state index contributed by atoms with van der Waals surface area (Å²) in [5.41, 5.74) is 8.15. The van der Waals surface area contributed by atoms with E-state index in [1.54, 1.807) is 11.1 Å². The molecule has 0 unspecified atom stereocenters. The lowest BCUT2D eigenvalue weighted by molar-refractivity contribution is 0.331. The van der Waals surface area contributed by atoms with Crippen molar-refractivity contribution in [3.63, 3.8) is 0 Å². The van der Waals surface area contributed by atoms with Crippen molar-refractivity contribution in [1.29, 1.82) is 0 Å². The van der Waals surface area contributed by atoms with Crippen molar-refractivity contribution in [2.45, 2.75) is 68.8 Å². The molecule has 2 aromatic rings. The first-order valence-corrected chi connectivity index (χ1v) is 13.4. The summed E-state index contributed by atoms with van der Waals surface area (Å²) in [7, 11) is 0. The lowest BCUT2D eigenvalue weighted by Gasteiger charge is -2.44. The van der Waals surface area contributed by atoms with Gasteiger partial charge in [-0.15, -0.1) is 23.5 Å². The van der Waals surface area contributed by atoms with Gasteiger partial charge in [-0.25, -0.2) is 0 Å². The fourth-order valence-electron chi connectivity index (χ4n) is 4.78. The predicted octanol–water partition coefficient (Wildman–Crippen LogP) is 8.02. The Kier molecular flexibility index (Phi) is 5.68. The highest BCUT2D eigenvalue weighted by Gasteiger charge is 2.43. The predicted molar refractivity (Wildman–Crippen MR) is 136 cm³/mol. The Balaban J connectivity index is 1.96. The maximum atomic E-state index is 2.61. The average molecular weight is 523 g/mol. The molecule has 0 nitrogen and oxygen atoms in total. The molecule has 150 valence electrons. The largest absolute Gasteiger partial charge is 0.135 e. The summed E-state index contributed by atoms with van der Waals surface area (Å²) in [4.78, 5) is 0. The summed E-state index contributed by atoms with van der Waals surface area (Å²) < 4.78 is 1.36. The van der Waals surface area contributed by atoms with Crippen molar-refractivity contribution in [3.05, 3.63) is 67.8 Å². The minimum atomic E-state index is 0.0240. The van der Waals surface area contributed by atoms with Gasteiger partial charge < -0.3 is 0 Å². The number of hydrogen-bond donors (Lipinski definition) is 0. The second-order valence-corrected chi connectivity index (χ2v) is 13.8. The lowest BCUT2D eigenvalue weighted by atomic mass is 9.62. The molecular formula is C25H31IS2. The lowest BCUT2D eigenvalue weighted by Crippen LogP contribution is -2.35. The summed E-state index contributed by atoms with van der Waals surface area (Å²) in [6.45, 7) is 12.1. The van der Waals surface area contributed by atoms with Crippen LogP contribution in [0.5, 0.6) is 0 Å². The number of halogens is 1. The van der Waals surface area contributed by atoms with Crippen molar-refractivity contribution in [2.75, 3.05) is 11.5 Å². The molecule has 0 spiro atoms. The monoisotopic (exact) mass is 522 g/mol. The SMILES string of the molecule is Cc1cc2c(cc1C1(c3cccc(I)c3)SCCCS1)C(C)(C)CCC2(C)C. The Morgan fingerprint density at radius 2 is 1.43 bits per heavy atom. The molecule has 2 aliphatic rings. The molecular weight excluding hydrogens is 491 g/mol. The zero-order valence-corrected chi connectivity index (χ0v) is 21.5. The van der Waals surface area contributed by atoms with E-state index in [1.165, 1.54) is 51.0 Å². The molecule has 0 bridgehead atoms. The van der Waals surface area contributed by atoms with Crippen molar-refractivity contribution in [3.8, 4) is 0 Å². The van der Waals surface area contributed by atoms with Crippen molar-refractivity contribution in [1.82, 2.24) is 0 Å². The average Bonchev–Trinajstić information content (AvgIpc) is 2.66. The first kappa shape index (κ1) is 21.1. The summed E-state index contributed by atoms with van der Waals surface area (Å²) >= 11 is 6.76. The summed E-state index contributed by atoms with van der Waals surface area (Å²) in [6.07, 6.45) is 3.85. The molecule has 1 saturated heterocycles. The molecule has 0 amide bonds. The number of fused-ring (bicyclic) bond motifs is 1. The number of aryl methyl sites for hydroxylation is 1. The Morgan fingerprint density at radius 3 is 2.04 bits per heavy atom. The quantitative estimate of drug-likeness (QED) is 0.367. The molecule has 4 rings (SSSR count). The zero-order valence-electron chi connectivity index (χ0n) is 17.7. The Hall–Kier alpha value is -0.130. The number of rotatable bonds is 2. The third-order valence-electron chi connectivity index (χ3n) is 6.66. The molecule has 2 aromatic carbocycles.